The summed E-state index contributed by atoms with van der Waals surface area (Å²) >= 11 is 0. The molecule has 0 amide bonds. The number of phosphoric acid groups is 1. The predicted molar refractivity (Wildman–Crippen MR) is 220 cm³/mol. The minimum atomic E-state index is -4.37. The van der Waals surface area contributed by atoms with Crippen LogP contribution in [0.5, 0.6) is 0 Å². The molecule has 0 aliphatic rings. The Bertz CT molecular complexity index is 922. The number of rotatable bonds is 40. The predicted octanol–water partition coefficient (Wildman–Crippen LogP) is 12.2. The fourth-order valence-corrected chi connectivity index (χ4v) is 6.81. The average Bonchev–Trinajstić information content (AvgIpc) is 3.10. The SMILES string of the molecule is CCCCCCCC/C=C/CCCCCCCCCC(=O)OC[C@@H](COP(=O)(O)OCC[N+](C)(C)C)OC(=O)CCCCCCCCCCCCCC. The van der Waals surface area contributed by atoms with E-state index in [-0.39, 0.29) is 32.0 Å². The molecule has 9 nitrogen and oxygen atoms in total. The fraction of sp³-hybridized carbons (Fsp3) is 0.907. The topological polar surface area (TPSA) is 108 Å². The number of allylic oxidation sites excluding steroid dienone is 2. The number of hydrogen-bond donors (Lipinski definition) is 1. The van der Waals surface area contributed by atoms with Gasteiger partial charge in [0, 0.05) is 12.8 Å². The molecule has 0 saturated carbocycles. The second kappa shape index (κ2) is 36.4. The zero-order valence-electron chi connectivity index (χ0n) is 35.3. The first-order valence-corrected chi connectivity index (χ1v) is 23.4. The minimum absolute atomic E-state index is 0.0341. The summed E-state index contributed by atoms with van der Waals surface area (Å²) in [6, 6.07) is 0. The van der Waals surface area contributed by atoms with Crippen molar-refractivity contribution in [1.29, 1.82) is 0 Å². The average molecular weight is 775 g/mol. The van der Waals surface area contributed by atoms with Gasteiger partial charge in [-0.25, -0.2) is 4.57 Å². The van der Waals surface area contributed by atoms with Gasteiger partial charge in [0.15, 0.2) is 6.10 Å². The zero-order valence-corrected chi connectivity index (χ0v) is 36.2. The highest BCUT2D eigenvalue weighted by Crippen LogP contribution is 2.43. The molecule has 0 aromatic carbocycles. The van der Waals surface area contributed by atoms with Crippen LogP contribution in [0, 0.1) is 0 Å². The first-order chi connectivity index (χ1) is 25.5. The minimum Gasteiger partial charge on any atom is -0.462 e. The van der Waals surface area contributed by atoms with Crippen molar-refractivity contribution in [2.24, 2.45) is 0 Å². The maximum atomic E-state index is 12.6. The third kappa shape index (κ3) is 40.2. The van der Waals surface area contributed by atoms with Crippen LogP contribution >= 0.6 is 7.82 Å². The van der Waals surface area contributed by atoms with E-state index in [9.17, 15) is 19.0 Å². The Balaban J connectivity index is 4.32. The van der Waals surface area contributed by atoms with E-state index in [0.717, 1.165) is 32.1 Å². The molecule has 0 saturated heterocycles. The van der Waals surface area contributed by atoms with Gasteiger partial charge < -0.3 is 18.9 Å². The van der Waals surface area contributed by atoms with Crippen molar-refractivity contribution in [1.82, 2.24) is 0 Å². The molecule has 0 aromatic heterocycles. The molecule has 10 heteroatoms. The van der Waals surface area contributed by atoms with Gasteiger partial charge in [0.2, 0.25) is 0 Å². The number of esters is 2. The van der Waals surface area contributed by atoms with Gasteiger partial charge in [0.05, 0.1) is 27.7 Å². The van der Waals surface area contributed by atoms with Gasteiger partial charge in [-0.3, -0.25) is 18.6 Å². The molecule has 2 atom stereocenters. The Morgan fingerprint density at radius 1 is 0.566 bits per heavy atom. The number of quaternary nitrogens is 1. The molecule has 0 fully saturated rings. The Morgan fingerprint density at radius 2 is 0.962 bits per heavy atom. The Labute approximate surface area is 326 Å². The summed E-state index contributed by atoms with van der Waals surface area (Å²) in [6.07, 6.45) is 36.8. The van der Waals surface area contributed by atoms with Crippen LogP contribution in [0.3, 0.4) is 0 Å². The lowest BCUT2D eigenvalue weighted by Crippen LogP contribution is -2.37. The lowest BCUT2D eigenvalue weighted by Gasteiger charge is -2.24. The third-order valence-corrected chi connectivity index (χ3v) is 10.5. The van der Waals surface area contributed by atoms with Crippen molar-refractivity contribution < 1.29 is 42.1 Å². The smallest absolute Gasteiger partial charge is 0.462 e. The van der Waals surface area contributed by atoms with Crippen molar-refractivity contribution in [2.45, 2.75) is 206 Å². The van der Waals surface area contributed by atoms with E-state index in [1.54, 1.807) is 0 Å². The maximum Gasteiger partial charge on any atom is 0.472 e. The van der Waals surface area contributed by atoms with Crippen LogP contribution in [0.4, 0.5) is 0 Å². The Morgan fingerprint density at radius 3 is 1.40 bits per heavy atom. The van der Waals surface area contributed by atoms with Gasteiger partial charge in [0.25, 0.3) is 0 Å². The van der Waals surface area contributed by atoms with Crippen LogP contribution in [-0.2, 0) is 32.7 Å². The quantitative estimate of drug-likeness (QED) is 0.0215. The van der Waals surface area contributed by atoms with E-state index in [2.05, 4.69) is 26.0 Å². The molecular formula is C43H85NO8P+. The van der Waals surface area contributed by atoms with Crippen LogP contribution in [0.1, 0.15) is 200 Å². The Hall–Kier alpha value is -1.25. The van der Waals surface area contributed by atoms with Crippen molar-refractivity contribution in [3.05, 3.63) is 12.2 Å². The molecule has 1 N–H and O–H groups in total. The third-order valence-electron chi connectivity index (χ3n) is 9.55. The van der Waals surface area contributed by atoms with E-state index >= 15 is 0 Å². The molecule has 0 heterocycles. The van der Waals surface area contributed by atoms with Gasteiger partial charge in [0.1, 0.15) is 19.8 Å². The lowest BCUT2D eigenvalue weighted by atomic mass is 10.0. The van der Waals surface area contributed by atoms with Gasteiger partial charge >= 0.3 is 19.8 Å². The van der Waals surface area contributed by atoms with E-state index in [0.29, 0.717) is 17.4 Å². The lowest BCUT2D eigenvalue weighted by molar-refractivity contribution is -0.870. The summed E-state index contributed by atoms with van der Waals surface area (Å²) in [6.45, 7) is 4.42. The van der Waals surface area contributed by atoms with Gasteiger partial charge in [-0.2, -0.15) is 0 Å². The number of carbonyl (C=O) groups is 2. The number of hydrogen-bond acceptors (Lipinski definition) is 7. The van der Waals surface area contributed by atoms with Crippen LogP contribution in [0.25, 0.3) is 0 Å². The van der Waals surface area contributed by atoms with Crippen LogP contribution < -0.4 is 0 Å². The molecule has 0 bridgehead atoms. The summed E-state index contributed by atoms with van der Waals surface area (Å²) in [5, 5.41) is 0. The van der Waals surface area contributed by atoms with Crippen LogP contribution in [0.2, 0.25) is 0 Å². The number of ether oxygens (including phenoxy) is 2. The van der Waals surface area contributed by atoms with Crippen molar-refractivity contribution in [3.63, 3.8) is 0 Å². The zero-order chi connectivity index (χ0) is 39.3. The molecular weight excluding hydrogens is 689 g/mol. The van der Waals surface area contributed by atoms with Crippen LogP contribution in [0.15, 0.2) is 12.2 Å². The van der Waals surface area contributed by atoms with Crippen molar-refractivity contribution in [3.8, 4) is 0 Å². The molecule has 0 aliphatic heterocycles. The van der Waals surface area contributed by atoms with Gasteiger partial charge in [-0.05, 0) is 38.5 Å². The first-order valence-electron chi connectivity index (χ1n) is 21.9. The molecule has 0 rings (SSSR count). The fourth-order valence-electron chi connectivity index (χ4n) is 6.07. The highest BCUT2D eigenvalue weighted by Gasteiger charge is 2.27. The molecule has 314 valence electrons. The highest BCUT2D eigenvalue weighted by atomic mass is 31.2. The molecule has 0 radical (unpaired) electrons. The summed E-state index contributed by atoms with van der Waals surface area (Å²) in [4.78, 5) is 35.3. The monoisotopic (exact) mass is 775 g/mol. The molecule has 1 unspecified atom stereocenters. The van der Waals surface area contributed by atoms with Crippen molar-refractivity contribution in [2.75, 3.05) is 47.5 Å². The first kappa shape index (κ1) is 51.8. The maximum absolute atomic E-state index is 12.6. The summed E-state index contributed by atoms with van der Waals surface area (Å²) in [5.41, 5.74) is 0. The van der Waals surface area contributed by atoms with E-state index in [4.69, 9.17) is 18.5 Å². The Kier molecular flexibility index (Phi) is 35.5. The van der Waals surface area contributed by atoms with Crippen LogP contribution in [-0.4, -0.2) is 74.9 Å². The normalized spacial score (nSPS) is 13.7. The van der Waals surface area contributed by atoms with Gasteiger partial charge in [-0.15, -0.1) is 0 Å². The van der Waals surface area contributed by atoms with E-state index in [1.807, 2.05) is 21.1 Å². The standard InChI is InChI=1S/C43H84NO8P/c1-6-8-10-12-14-16-18-20-21-22-23-24-26-27-29-31-33-35-42(45)49-39-41(40-51-53(47,48)50-38-37-44(3,4)5)52-43(46)36-34-32-30-28-25-19-17-15-13-11-9-7-2/h20-21,41H,6-19,22-40H2,1-5H3/p+1/b21-20+/t41-/m0/s1. The second-order valence-electron chi connectivity index (χ2n) is 16.1. The summed E-state index contributed by atoms with van der Waals surface area (Å²) in [7, 11) is 1.48. The van der Waals surface area contributed by atoms with Crippen molar-refractivity contribution >= 4 is 19.8 Å². The molecule has 0 aromatic rings. The number of likely N-dealkylation sites (N-methyl/N-ethyl adjacent to an activating group) is 1. The number of nitrogens with zero attached hydrogens (tertiary/aromatic N) is 1. The second-order valence-corrected chi connectivity index (χ2v) is 17.5. The molecule has 0 aliphatic carbocycles. The van der Waals surface area contributed by atoms with E-state index in [1.165, 1.54) is 135 Å². The number of phosphoric ester groups is 1. The molecule has 53 heavy (non-hydrogen) atoms. The van der Waals surface area contributed by atoms with Gasteiger partial charge in [-0.1, -0.05) is 161 Å². The number of unbranched alkanes of at least 4 members (excludes halogenated alkanes) is 24. The van der Waals surface area contributed by atoms with E-state index < -0.39 is 26.5 Å². The summed E-state index contributed by atoms with van der Waals surface area (Å²) in [5.74, 6) is -0.796. The largest absolute Gasteiger partial charge is 0.472 e. The number of carbonyl (C=O) groups excluding carboxylic acids is 2. The highest BCUT2D eigenvalue weighted by molar-refractivity contribution is 7.47. The summed E-state index contributed by atoms with van der Waals surface area (Å²) < 4.78 is 34.3. The molecule has 0 spiro atoms.